The van der Waals surface area contributed by atoms with E-state index < -0.39 is 10.0 Å². The van der Waals surface area contributed by atoms with E-state index in [1.165, 1.54) is 28.6 Å². The number of rotatable bonds is 6. The molecule has 1 amide bonds. The molecule has 1 saturated heterocycles. The van der Waals surface area contributed by atoms with Gasteiger partial charge in [0.15, 0.2) is 5.76 Å². The molecule has 1 aliphatic heterocycles. The second-order valence-corrected chi connectivity index (χ2v) is 8.58. The summed E-state index contributed by atoms with van der Waals surface area (Å²) in [6.07, 6.45) is 0.272. The molecule has 1 N–H and O–H groups in total. The number of carbonyl (C=O) groups excluding carboxylic acids is 1. The molecule has 1 aromatic carbocycles. The van der Waals surface area contributed by atoms with Gasteiger partial charge in [-0.1, -0.05) is 5.16 Å². The topological polar surface area (TPSA) is 95.8 Å². The highest BCUT2D eigenvalue weighted by atomic mass is 32.2. The zero-order chi connectivity index (χ0) is 20.3. The Morgan fingerprint density at radius 2 is 1.82 bits per heavy atom. The van der Waals surface area contributed by atoms with Crippen molar-refractivity contribution in [1.82, 2.24) is 14.4 Å². The average molecular weight is 410 g/mol. The largest absolute Gasteiger partial charge is 0.360 e. The van der Waals surface area contributed by atoms with Crippen LogP contribution in [0.2, 0.25) is 0 Å². The predicted octanol–water partition coefficient (Wildman–Crippen LogP) is 1.77. The lowest BCUT2D eigenvalue weighted by molar-refractivity contribution is -0.116. The van der Waals surface area contributed by atoms with Gasteiger partial charge in [-0.05, 0) is 38.1 Å². The minimum atomic E-state index is -3.64. The molecule has 1 fully saturated rings. The average Bonchev–Trinajstić information content (AvgIpc) is 3.01. The highest BCUT2D eigenvalue weighted by Crippen LogP contribution is 2.24. The number of halogens is 1. The summed E-state index contributed by atoms with van der Waals surface area (Å²) in [5.74, 6) is -0.239. The van der Waals surface area contributed by atoms with Gasteiger partial charge in [0.2, 0.25) is 15.9 Å². The number of anilines is 1. The minimum absolute atomic E-state index is 0.139. The molecule has 0 bridgehead atoms. The van der Waals surface area contributed by atoms with Crippen molar-refractivity contribution >= 4 is 21.6 Å². The highest BCUT2D eigenvalue weighted by molar-refractivity contribution is 7.89. The van der Waals surface area contributed by atoms with Crippen LogP contribution in [0.15, 0.2) is 33.7 Å². The summed E-state index contributed by atoms with van der Waals surface area (Å²) < 4.78 is 44.9. The fraction of sp³-hybridized carbons (Fsp3) is 0.444. The van der Waals surface area contributed by atoms with Crippen LogP contribution in [0.3, 0.4) is 0 Å². The van der Waals surface area contributed by atoms with E-state index in [9.17, 15) is 17.6 Å². The summed E-state index contributed by atoms with van der Waals surface area (Å²) in [4.78, 5) is 14.2. The molecule has 152 valence electrons. The summed E-state index contributed by atoms with van der Waals surface area (Å²) in [5, 5.41) is 6.44. The van der Waals surface area contributed by atoms with E-state index in [1.54, 1.807) is 13.8 Å². The molecule has 3 rings (SSSR count). The number of benzene rings is 1. The first kappa shape index (κ1) is 20.4. The van der Waals surface area contributed by atoms with E-state index in [1.807, 2.05) is 4.90 Å². The van der Waals surface area contributed by atoms with E-state index in [0.717, 1.165) is 0 Å². The van der Waals surface area contributed by atoms with Gasteiger partial charge in [-0.3, -0.25) is 4.79 Å². The maximum Gasteiger partial charge on any atom is 0.248 e. The van der Waals surface area contributed by atoms with Gasteiger partial charge in [-0.25, -0.2) is 12.8 Å². The molecule has 0 unspecified atom stereocenters. The third kappa shape index (κ3) is 4.57. The molecule has 2 heterocycles. The van der Waals surface area contributed by atoms with Crippen molar-refractivity contribution in [2.45, 2.75) is 25.2 Å². The molecule has 28 heavy (non-hydrogen) atoms. The number of aromatic nitrogens is 1. The lowest BCUT2D eigenvalue weighted by Gasteiger charge is -2.33. The second kappa shape index (κ2) is 8.38. The third-order valence-corrected chi connectivity index (χ3v) is 6.82. The first-order valence-electron chi connectivity index (χ1n) is 8.98. The molecule has 0 aliphatic carbocycles. The molecule has 1 aliphatic rings. The zero-order valence-electron chi connectivity index (χ0n) is 15.8. The quantitative estimate of drug-likeness (QED) is 0.780. The second-order valence-electron chi connectivity index (χ2n) is 6.70. The maximum absolute atomic E-state index is 12.9. The smallest absolute Gasteiger partial charge is 0.248 e. The Hall–Kier alpha value is -2.30. The van der Waals surface area contributed by atoms with Gasteiger partial charge in [0.25, 0.3) is 0 Å². The molecule has 1 aromatic heterocycles. The Balaban J connectivity index is 1.49. The number of nitrogens with zero attached hydrogens (tertiary/aromatic N) is 3. The van der Waals surface area contributed by atoms with Crippen LogP contribution >= 0.6 is 0 Å². The van der Waals surface area contributed by atoms with Crippen molar-refractivity contribution in [2.24, 2.45) is 0 Å². The predicted molar refractivity (Wildman–Crippen MR) is 101 cm³/mol. The van der Waals surface area contributed by atoms with Crippen molar-refractivity contribution in [1.29, 1.82) is 0 Å². The van der Waals surface area contributed by atoms with Crippen LogP contribution in [0.25, 0.3) is 0 Å². The summed E-state index contributed by atoms with van der Waals surface area (Å²) in [6, 6.07) is 5.58. The van der Waals surface area contributed by atoms with Gasteiger partial charge in [-0.15, -0.1) is 0 Å². The van der Waals surface area contributed by atoms with Crippen LogP contribution in [-0.4, -0.2) is 61.4 Å². The highest BCUT2D eigenvalue weighted by Gasteiger charge is 2.33. The molecule has 10 heteroatoms. The van der Waals surface area contributed by atoms with Gasteiger partial charge in [-0.2, -0.15) is 4.31 Å². The Morgan fingerprint density at radius 1 is 1.18 bits per heavy atom. The number of nitrogens with one attached hydrogen (secondary N) is 1. The van der Waals surface area contributed by atoms with Crippen molar-refractivity contribution in [3.05, 3.63) is 41.5 Å². The van der Waals surface area contributed by atoms with Gasteiger partial charge in [0, 0.05) is 44.8 Å². The maximum atomic E-state index is 12.9. The Bertz CT molecular complexity index is 915. The Labute approximate surface area is 163 Å². The lowest BCUT2D eigenvalue weighted by atomic mass is 10.2. The molecule has 0 atom stereocenters. The SMILES string of the molecule is Cc1noc(C)c1S(=O)(=O)N1CCN(CCC(=O)Nc2ccc(F)cc2)CC1. The normalized spacial score (nSPS) is 16.2. The van der Waals surface area contributed by atoms with E-state index in [-0.39, 0.29) is 28.8 Å². The fourth-order valence-electron chi connectivity index (χ4n) is 3.18. The van der Waals surface area contributed by atoms with Crippen LogP contribution in [0.4, 0.5) is 10.1 Å². The van der Waals surface area contributed by atoms with Crippen LogP contribution in [0.1, 0.15) is 17.9 Å². The van der Waals surface area contributed by atoms with E-state index in [2.05, 4.69) is 10.5 Å². The van der Waals surface area contributed by atoms with Gasteiger partial charge >= 0.3 is 0 Å². The minimum Gasteiger partial charge on any atom is -0.360 e. The Morgan fingerprint density at radius 3 is 2.39 bits per heavy atom. The molecular formula is C18H23FN4O4S. The molecular weight excluding hydrogens is 387 g/mol. The molecule has 0 saturated carbocycles. The number of aryl methyl sites for hydroxylation is 2. The van der Waals surface area contributed by atoms with Crippen LogP contribution in [0, 0.1) is 19.7 Å². The van der Waals surface area contributed by atoms with Crippen molar-refractivity contribution in [2.75, 3.05) is 38.0 Å². The summed E-state index contributed by atoms with van der Waals surface area (Å²) >= 11 is 0. The standard InChI is InChI=1S/C18H23FN4O4S/c1-13-18(14(2)27-21-13)28(25,26)23-11-9-22(10-12-23)8-7-17(24)20-16-5-3-15(19)4-6-16/h3-6H,7-12H2,1-2H3,(H,20,24). The van der Waals surface area contributed by atoms with Crippen molar-refractivity contribution in [3.63, 3.8) is 0 Å². The van der Waals surface area contributed by atoms with Crippen LogP contribution in [0.5, 0.6) is 0 Å². The number of amides is 1. The summed E-state index contributed by atoms with van der Waals surface area (Å²) in [5.41, 5.74) is 0.902. The first-order valence-corrected chi connectivity index (χ1v) is 10.4. The van der Waals surface area contributed by atoms with E-state index >= 15 is 0 Å². The number of carbonyl (C=O) groups is 1. The monoisotopic (exact) mass is 410 g/mol. The van der Waals surface area contributed by atoms with E-state index in [0.29, 0.717) is 44.1 Å². The van der Waals surface area contributed by atoms with Gasteiger partial charge in [0.05, 0.1) is 0 Å². The van der Waals surface area contributed by atoms with E-state index in [4.69, 9.17) is 4.52 Å². The molecule has 0 spiro atoms. The number of hydrogen-bond acceptors (Lipinski definition) is 6. The third-order valence-electron chi connectivity index (χ3n) is 4.68. The van der Waals surface area contributed by atoms with Gasteiger partial charge in [0.1, 0.15) is 16.4 Å². The summed E-state index contributed by atoms with van der Waals surface area (Å²) in [6.45, 7) is 5.46. The Kier molecular flexibility index (Phi) is 6.11. The first-order chi connectivity index (χ1) is 13.3. The molecule has 8 nitrogen and oxygen atoms in total. The number of hydrogen-bond donors (Lipinski definition) is 1. The fourth-order valence-corrected chi connectivity index (χ4v) is 4.90. The van der Waals surface area contributed by atoms with Crippen molar-refractivity contribution < 1.29 is 22.1 Å². The zero-order valence-corrected chi connectivity index (χ0v) is 16.6. The number of sulfonamides is 1. The van der Waals surface area contributed by atoms with Gasteiger partial charge < -0.3 is 14.7 Å². The lowest BCUT2D eigenvalue weighted by Crippen LogP contribution is -2.49. The molecule has 0 radical (unpaired) electrons. The van der Waals surface area contributed by atoms with Crippen LogP contribution < -0.4 is 5.32 Å². The number of piperazine rings is 1. The van der Waals surface area contributed by atoms with Crippen molar-refractivity contribution in [3.8, 4) is 0 Å². The molecule has 2 aromatic rings. The summed E-state index contributed by atoms with van der Waals surface area (Å²) in [7, 11) is -3.64. The van der Waals surface area contributed by atoms with Crippen LogP contribution in [-0.2, 0) is 14.8 Å².